The number of hydrogen-bond donors (Lipinski definition) is 2. The molecule has 3 saturated carbocycles. The van der Waals surface area contributed by atoms with Crippen LogP contribution in [0, 0.1) is 5.41 Å². The first kappa shape index (κ1) is 24.7. The first-order valence-electron chi connectivity index (χ1n) is 12.4. The van der Waals surface area contributed by atoms with Gasteiger partial charge in [-0.05, 0) is 61.6 Å². The topological polar surface area (TPSA) is 93.9 Å². The van der Waals surface area contributed by atoms with E-state index in [2.05, 4.69) is 17.4 Å². The van der Waals surface area contributed by atoms with Gasteiger partial charge in [0.2, 0.25) is 11.8 Å². The largest absolute Gasteiger partial charge is 0.489 e. The molecule has 3 N–H and O–H groups in total. The average molecular weight is 474 g/mol. The summed E-state index contributed by atoms with van der Waals surface area (Å²) in [6.07, 6.45) is 6.40. The zero-order chi connectivity index (χ0) is 24.0. The van der Waals surface area contributed by atoms with E-state index in [1.807, 2.05) is 17.0 Å². The van der Waals surface area contributed by atoms with Crippen LogP contribution in [0.5, 0.6) is 5.75 Å². The molecule has 7 nitrogen and oxygen atoms in total. The Bertz CT molecular complexity index is 871. The second kappa shape index (κ2) is 10.9. The Hall–Kier alpha value is -2.45. The van der Waals surface area contributed by atoms with Gasteiger partial charge in [-0.15, -0.1) is 0 Å². The summed E-state index contributed by atoms with van der Waals surface area (Å²) in [4.78, 5) is 27.2. The Balaban J connectivity index is 1.27. The average Bonchev–Trinajstić information content (AvgIpc) is 2.91. The number of amides is 2. The molecule has 186 valence electrons. The molecule has 0 atom stereocenters. The van der Waals surface area contributed by atoms with Crippen LogP contribution in [0.4, 0.5) is 4.39 Å². The van der Waals surface area contributed by atoms with Gasteiger partial charge in [0.25, 0.3) is 0 Å². The lowest BCUT2D eigenvalue weighted by Gasteiger charge is -2.52. The minimum atomic E-state index is -0.301. The molecule has 4 aliphatic rings. The first-order chi connectivity index (χ1) is 16.5. The van der Waals surface area contributed by atoms with Crippen molar-refractivity contribution in [2.75, 3.05) is 46.0 Å². The number of fused-ring (bicyclic) bond motifs is 3. The van der Waals surface area contributed by atoms with Crippen LogP contribution in [0.25, 0.3) is 0 Å². The van der Waals surface area contributed by atoms with Crippen LogP contribution in [0.3, 0.4) is 0 Å². The highest BCUT2D eigenvalue weighted by atomic mass is 19.1. The molecule has 0 radical (unpaired) electrons. The van der Waals surface area contributed by atoms with Crippen molar-refractivity contribution in [3.8, 4) is 5.75 Å². The van der Waals surface area contributed by atoms with Crippen LogP contribution in [0.1, 0.15) is 50.5 Å². The molecule has 2 amide bonds. The van der Waals surface area contributed by atoms with Gasteiger partial charge in [0.1, 0.15) is 12.4 Å². The fourth-order valence-electron chi connectivity index (χ4n) is 5.62. The minimum Gasteiger partial charge on any atom is -0.489 e. The van der Waals surface area contributed by atoms with Crippen molar-refractivity contribution in [1.82, 2.24) is 10.2 Å². The van der Waals surface area contributed by atoms with E-state index in [1.165, 1.54) is 5.56 Å². The van der Waals surface area contributed by atoms with Crippen molar-refractivity contribution in [2.24, 2.45) is 11.1 Å². The zero-order valence-corrected chi connectivity index (χ0v) is 19.8. The summed E-state index contributed by atoms with van der Waals surface area (Å²) in [5, 5.41) is 3.06. The third kappa shape index (κ3) is 5.28. The maximum atomic E-state index is 13.1. The fourth-order valence-corrected chi connectivity index (χ4v) is 5.62. The molecule has 1 aliphatic heterocycles. The quantitative estimate of drug-likeness (QED) is 0.575. The van der Waals surface area contributed by atoms with Gasteiger partial charge in [-0.2, -0.15) is 0 Å². The van der Waals surface area contributed by atoms with Gasteiger partial charge in [0, 0.05) is 43.6 Å². The Kier molecular flexibility index (Phi) is 7.88. The number of benzene rings is 1. The van der Waals surface area contributed by atoms with E-state index >= 15 is 0 Å². The monoisotopic (exact) mass is 473 g/mol. The summed E-state index contributed by atoms with van der Waals surface area (Å²) < 4.78 is 23.6. The smallest absolute Gasteiger partial charge is 0.226 e. The third-order valence-corrected chi connectivity index (χ3v) is 8.02. The Morgan fingerprint density at radius 1 is 1.09 bits per heavy atom. The third-order valence-electron chi connectivity index (χ3n) is 8.02. The van der Waals surface area contributed by atoms with Crippen LogP contribution < -0.4 is 15.8 Å². The van der Waals surface area contributed by atoms with Gasteiger partial charge in [-0.25, -0.2) is 4.39 Å². The first-order valence-corrected chi connectivity index (χ1v) is 12.4. The highest BCUT2D eigenvalue weighted by molar-refractivity contribution is 5.84. The predicted octanol–water partition coefficient (Wildman–Crippen LogP) is 2.83. The maximum Gasteiger partial charge on any atom is 0.226 e. The molecule has 34 heavy (non-hydrogen) atoms. The second-order valence-electron chi connectivity index (χ2n) is 9.84. The van der Waals surface area contributed by atoms with Gasteiger partial charge in [-0.3, -0.25) is 9.59 Å². The number of halogens is 1. The number of morpholine rings is 1. The number of carbonyl (C=O) groups is 2. The highest BCUT2D eigenvalue weighted by Crippen LogP contribution is 2.57. The molecule has 1 aromatic carbocycles. The molecular formula is C26H36FN3O4. The van der Waals surface area contributed by atoms with E-state index in [0.717, 1.165) is 38.5 Å². The standard InChI is InChI=1S/C26H36FN3O4/c27-17-20(18-28)19-34-22-3-1-21(2-4-22)25-6-9-26(10-7-25,11-8-25)24(32)29-12-5-23(31)30-13-15-33-16-14-30/h1-4,17H,5-16,18-19,28H2,(H,29,32)/b20-17+. The van der Waals surface area contributed by atoms with Crippen molar-refractivity contribution in [1.29, 1.82) is 0 Å². The molecule has 0 unspecified atom stereocenters. The van der Waals surface area contributed by atoms with E-state index in [-0.39, 0.29) is 35.8 Å². The number of nitrogens with zero attached hydrogens (tertiary/aromatic N) is 1. The molecule has 8 heteroatoms. The van der Waals surface area contributed by atoms with Crippen molar-refractivity contribution < 1.29 is 23.5 Å². The molecular weight excluding hydrogens is 437 g/mol. The molecule has 2 bridgehead atoms. The Labute approximate surface area is 200 Å². The fraction of sp³-hybridized carbons (Fsp3) is 0.615. The molecule has 3 aliphatic carbocycles. The molecule has 5 rings (SSSR count). The van der Waals surface area contributed by atoms with E-state index in [9.17, 15) is 14.0 Å². The van der Waals surface area contributed by atoms with Gasteiger partial charge in [-0.1, -0.05) is 12.1 Å². The van der Waals surface area contributed by atoms with Crippen LogP contribution in [-0.2, 0) is 19.7 Å². The highest BCUT2D eigenvalue weighted by Gasteiger charge is 2.52. The lowest BCUT2D eigenvalue weighted by Crippen LogP contribution is -2.52. The molecule has 4 fully saturated rings. The lowest BCUT2D eigenvalue weighted by molar-refractivity contribution is -0.138. The normalized spacial score (nSPS) is 26.9. The minimum absolute atomic E-state index is 0.0831. The van der Waals surface area contributed by atoms with E-state index in [1.54, 1.807) is 0 Å². The Morgan fingerprint density at radius 2 is 1.74 bits per heavy atom. The van der Waals surface area contributed by atoms with E-state index in [0.29, 0.717) is 56.9 Å². The maximum absolute atomic E-state index is 13.1. The lowest BCUT2D eigenvalue weighted by atomic mass is 9.51. The van der Waals surface area contributed by atoms with Gasteiger partial charge in [0.15, 0.2) is 0 Å². The molecule has 1 saturated heterocycles. The summed E-state index contributed by atoms with van der Waals surface area (Å²) in [5.74, 6) is 0.885. The second-order valence-corrected chi connectivity index (χ2v) is 9.84. The molecule has 1 aromatic rings. The van der Waals surface area contributed by atoms with Crippen molar-refractivity contribution >= 4 is 11.8 Å². The summed E-state index contributed by atoms with van der Waals surface area (Å²) >= 11 is 0. The SMILES string of the molecule is NC/C(=C\F)COc1ccc(C23CCC(C(=O)NCCC(=O)N4CCOCC4)(CC2)CC3)cc1. The number of nitrogens with one attached hydrogen (secondary N) is 1. The summed E-state index contributed by atoms with van der Waals surface area (Å²) in [6.45, 7) is 3.12. The summed E-state index contributed by atoms with van der Waals surface area (Å²) in [6, 6.07) is 8.08. The molecule has 1 heterocycles. The van der Waals surface area contributed by atoms with Gasteiger partial charge < -0.3 is 25.4 Å². The molecule has 0 aromatic heterocycles. The predicted molar refractivity (Wildman–Crippen MR) is 127 cm³/mol. The van der Waals surface area contributed by atoms with Crippen molar-refractivity contribution in [3.63, 3.8) is 0 Å². The van der Waals surface area contributed by atoms with E-state index in [4.69, 9.17) is 15.2 Å². The van der Waals surface area contributed by atoms with E-state index < -0.39 is 0 Å². The van der Waals surface area contributed by atoms with Gasteiger partial charge in [0.05, 0.1) is 19.5 Å². The van der Waals surface area contributed by atoms with Crippen LogP contribution in [-0.4, -0.2) is 62.7 Å². The van der Waals surface area contributed by atoms with Gasteiger partial charge >= 0.3 is 0 Å². The van der Waals surface area contributed by atoms with Crippen LogP contribution in [0.15, 0.2) is 36.2 Å². The number of carbonyl (C=O) groups excluding carboxylic acids is 2. The number of nitrogens with two attached hydrogens (primary N) is 1. The van der Waals surface area contributed by atoms with Crippen LogP contribution >= 0.6 is 0 Å². The van der Waals surface area contributed by atoms with Crippen LogP contribution in [0.2, 0.25) is 0 Å². The number of rotatable bonds is 9. The number of hydrogen-bond acceptors (Lipinski definition) is 5. The Morgan fingerprint density at radius 3 is 2.32 bits per heavy atom. The summed E-state index contributed by atoms with van der Waals surface area (Å²) in [7, 11) is 0. The van der Waals surface area contributed by atoms with Crippen molar-refractivity contribution in [2.45, 2.75) is 50.4 Å². The van der Waals surface area contributed by atoms with Crippen molar-refractivity contribution in [3.05, 3.63) is 41.7 Å². The number of ether oxygens (including phenoxy) is 2. The summed E-state index contributed by atoms with van der Waals surface area (Å²) in [5.41, 5.74) is 6.98. The zero-order valence-electron chi connectivity index (χ0n) is 19.8. The molecule has 0 spiro atoms.